The number of carboxylic acids is 1. The molecule has 1 N–H and O–H groups in total. The molecule has 16 heavy (non-hydrogen) atoms. The highest BCUT2D eigenvalue weighted by Gasteiger charge is 2.43. The predicted molar refractivity (Wildman–Crippen MR) is 58.9 cm³/mol. The average Bonchev–Trinajstić information content (AvgIpc) is 2.97. The Balaban J connectivity index is 1.97. The van der Waals surface area contributed by atoms with Crippen LogP contribution in [0.25, 0.3) is 0 Å². The zero-order valence-electron chi connectivity index (χ0n) is 9.06. The Morgan fingerprint density at radius 3 is 2.81 bits per heavy atom. The Morgan fingerprint density at radius 1 is 1.56 bits per heavy atom. The fourth-order valence-electron chi connectivity index (χ4n) is 1.96. The van der Waals surface area contributed by atoms with Crippen LogP contribution in [0.4, 0.5) is 10.1 Å². The summed E-state index contributed by atoms with van der Waals surface area (Å²) in [7, 11) is 1.79. The van der Waals surface area contributed by atoms with Crippen molar-refractivity contribution in [3.63, 3.8) is 0 Å². The topological polar surface area (TPSA) is 40.5 Å². The minimum Gasteiger partial charge on any atom is -0.481 e. The number of carboxylic acid groups (broad SMARTS) is 1. The van der Waals surface area contributed by atoms with E-state index in [2.05, 4.69) is 0 Å². The van der Waals surface area contributed by atoms with Crippen LogP contribution in [-0.4, -0.2) is 24.7 Å². The lowest BCUT2D eigenvalue weighted by atomic mass is 10.2. The van der Waals surface area contributed by atoms with Gasteiger partial charge in [-0.3, -0.25) is 4.79 Å². The molecule has 0 heterocycles. The summed E-state index contributed by atoms with van der Waals surface area (Å²) >= 11 is 0. The van der Waals surface area contributed by atoms with Gasteiger partial charge in [0.05, 0.1) is 11.6 Å². The molecule has 1 fully saturated rings. The van der Waals surface area contributed by atoms with Gasteiger partial charge in [0.2, 0.25) is 0 Å². The van der Waals surface area contributed by atoms with E-state index in [0.29, 0.717) is 18.7 Å². The van der Waals surface area contributed by atoms with Crippen molar-refractivity contribution in [1.82, 2.24) is 0 Å². The van der Waals surface area contributed by atoms with Gasteiger partial charge in [0.25, 0.3) is 0 Å². The summed E-state index contributed by atoms with van der Waals surface area (Å²) in [5.41, 5.74) is 0.526. The first-order chi connectivity index (χ1) is 7.59. The van der Waals surface area contributed by atoms with Crippen LogP contribution in [0, 0.1) is 17.7 Å². The number of anilines is 1. The highest BCUT2D eigenvalue weighted by molar-refractivity contribution is 5.73. The number of halogens is 1. The molecule has 2 atom stereocenters. The lowest BCUT2D eigenvalue weighted by Gasteiger charge is -2.19. The molecule has 0 saturated heterocycles. The molecule has 2 rings (SSSR count). The van der Waals surface area contributed by atoms with Crippen molar-refractivity contribution in [2.45, 2.75) is 6.42 Å². The number of carbonyl (C=O) groups is 1. The molecule has 0 bridgehead atoms. The minimum absolute atomic E-state index is 0.155. The van der Waals surface area contributed by atoms with Crippen LogP contribution < -0.4 is 4.90 Å². The van der Waals surface area contributed by atoms with E-state index >= 15 is 0 Å². The third-order valence-electron chi connectivity index (χ3n) is 3.01. The van der Waals surface area contributed by atoms with Crippen LogP contribution in [0.1, 0.15) is 6.42 Å². The van der Waals surface area contributed by atoms with Crippen LogP contribution in [0.15, 0.2) is 24.3 Å². The summed E-state index contributed by atoms with van der Waals surface area (Å²) in [6.07, 6.45) is 0.703. The van der Waals surface area contributed by atoms with Crippen LogP contribution >= 0.6 is 0 Å². The van der Waals surface area contributed by atoms with E-state index in [1.165, 1.54) is 6.07 Å². The van der Waals surface area contributed by atoms with Crippen molar-refractivity contribution in [2.75, 3.05) is 18.5 Å². The summed E-state index contributed by atoms with van der Waals surface area (Å²) in [5.74, 6) is -1.10. The second-order valence-electron chi connectivity index (χ2n) is 4.27. The molecule has 1 aromatic carbocycles. The Kier molecular flexibility index (Phi) is 2.81. The van der Waals surface area contributed by atoms with E-state index in [1.807, 2.05) is 0 Å². The molecule has 0 aliphatic heterocycles. The van der Waals surface area contributed by atoms with Crippen molar-refractivity contribution in [1.29, 1.82) is 0 Å². The molecule has 1 saturated carbocycles. The summed E-state index contributed by atoms with van der Waals surface area (Å²) in [6.45, 7) is 0.595. The molecule has 3 nitrogen and oxygen atoms in total. The summed E-state index contributed by atoms with van der Waals surface area (Å²) < 4.78 is 13.4. The Morgan fingerprint density at radius 2 is 2.25 bits per heavy atom. The van der Waals surface area contributed by atoms with Crippen LogP contribution in [0.3, 0.4) is 0 Å². The lowest BCUT2D eigenvalue weighted by Crippen LogP contribution is -2.22. The maximum absolute atomic E-state index is 13.4. The predicted octanol–water partition coefficient (Wildman–Crippen LogP) is 1.98. The van der Waals surface area contributed by atoms with Crippen molar-refractivity contribution in [2.24, 2.45) is 11.8 Å². The molecule has 1 aliphatic carbocycles. The smallest absolute Gasteiger partial charge is 0.306 e. The maximum atomic E-state index is 13.4. The Hall–Kier alpha value is -1.58. The number of rotatable bonds is 4. The molecule has 0 aromatic heterocycles. The number of aliphatic carboxylic acids is 1. The minimum atomic E-state index is -0.744. The van der Waals surface area contributed by atoms with E-state index < -0.39 is 5.97 Å². The summed E-state index contributed by atoms with van der Waals surface area (Å²) in [6, 6.07) is 6.53. The Bertz CT molecular complexity index is 408. The van der Waals surface area contributed by atoms with Gasteiger partial charge in [-0.05, 0) is 24.5 Å². The molecule has 0 amide bonds. The first-order valence-corrected chi connectivity index (χ1v) is 5.28. The number of hydrogen-bond donors (Lipinski definition) is 1. The van der Waals surface area contributed by atoms with Gasteiger partial charge in [-0.15, -0.1) is 0 Å². The Labute approximate surface area is 93.5 Å². The third kappa shape index (κ3) is 2.15. The molecule has 1 aromatic rings. The molecule has 4 heteroatoms. The number of hydrogen-bond acceptors (Lipinski definition) is 2. The second kappa shape index (κ2) is 4.12. The summed E-state index contributed by atoms with van der Waals surface area (Å²) in [4.78, 5) is 12.4. The van der Waals surface area contributed by atoms with Crippen LogP contribution in [0.2, 0.25) is 0 Å². The molecule has 86 valence electrons. The van der Waals surface area contributed by atoms with Gasteiger partial charge in [-0.25, -0.2) is 4.39 Å². The molecule has 0 spiro atoms. The molecular formula is C12H14FNO2. The fraction of sp³-hybridized carbons (Fsp3) is 0.417. The molecule has 1 aliphatic rings. The van der Waals surface area contributed by atoms with E-state index in [4.69, 9.17) is 5.11 Å². The van der Waals surface area contributed by atoms with E-state index in [-0.39, 0.29) is 17.7 Å². The van der Waals surface area contributed by atoms with Crippen LogP contribution in [-0.2, 0) is 4.79 Å². The van der Waals surface area contributed by atoms with Crippen molar-refractivity contribution in [3.8, 4) is 0 Å². The van der Waals surface area contributed by atoms with Gasteiger partial charge < -0.3 is 10.0 Å². The summed E-state index contributed by atoms with van der Waals surface area (Å²) in [5, 5.41) is 8.77. The van der Waals surface area contributed by atoms with Gasteiger partial charge >= 0.3 is 5.97 Å². The zero-order valence-corrected chi connectivity index (χ0v) is 9.06. The van der Waals surface area contributed by atoms with Gasteiger partial charge in [-0.1, -0.05) is 12.1 Å². The second-order valence-corrected chi connectivity index (χ2v) is 4.27. The zero-order chi connectivity index (χ0) is 11.7. The lowest BCUT2D eigenvalue weighted by molar-refractivity contribution is -0.138. The molecule has 0 radical (unpaired) electrons. The quantitative estimate of drug-likeness (QED) is 0.848. The van der Waals surface area contributed by atoms with E-state index in [1.54, 1.807) is 30.1 Å². The monoisotopic (exact) mass is 223 g/mol. The van der Waals surface area contributed by atoms with Gasteiger partial charge in [-0.2, -0.15) is 0 Å². The van der Waals surface area contributed by atoms with Gasteiger partial charge in [0.15, 0.2) is 0 Å². The van der Waals surface area contributed by atoms with Crippen molar-refractivity contribution >= 4 is 11.7 Å². The van der Waals surface area contributed by atoms with Gasteiger partial charge in [0.1, 0.15) is 5.82 Å². The van der Waals surface area contributed by atoms with Crippen LogP contribution in [0.5, 0.6) is 0 Å². The normalized spacial score (nSPS) is 22.9. The first-order valence-electron chi connectivity index (χ1n) is 5.28. The van der Waals surface area contributed by atoms with E-state index in [0.717, 1.165) is 0 Å². The fourth-order valence-corrected chi connectivity index (χ4v) is 1.96. The van der Waals surface area contributed by atoms with Crippen molar-refractivity contribution < 1.29 is 14.3 Å². The number of nitrogens with zero attached hydrogens (tertiary/aromatic N) is 1. The molecular weight excluding hydrogens is 209 g/mol. The average molecular weight is 223 g/mol. The number of benzene rings is 1. The molecule has 2 unspecified atom stereocenters. The highest BCUT2D eigenvalue weighted by atomic mass is 19.1. The SMILES string of the molecule is CN(CC1CC1C(=O)O)c1ccccc1F. The number of para-hydroxylation sites is 1. The van der Waals surface area contributed by atoms with Gasteiger partial charge in [0, 0.05) is 13.6 Å². The maximum Gasteiger partial charge on any atom is 0.306 e. The largest absolute Gasteiger partial charge is 0.481 e. The van der Waals surface area contributed by atoms with E-state index in [9.17, 15) is 9.18 Å². The third-order valence-corrected chi connectivity index (χ3v) is 3.01. The van der Waals surface area contributed by atoms with Crippen molar-refractivity contribution in [3.05, 3.63) is 30.1 Å². The first kappa shape index (κ1) is 10.9. The highest BCUT2D eigenvalue weighted by Crippen LogP contribution is 2.39. The standard InChI is InChI=1S/C12H14FNO2/c1-14(7-8-6-9(8)12(15)16)11-5-3-2-4-10(11)13/h2-5,8-9H,6-7H2,1H3,(H,15,16).